The van der Waals surface area contributed by atoms with E-state index in [9.17, 15) is 26.4 Å². The van der Waals surface area contributed by atoms with Crippen LogP contribution in [0.4, 0.5) is 13.2 Å². The Hall–Kier alpha value is -3.51. The van der Waals surface area contributed by atoms with E-state index in [0.29, 0.717) is 12.1 Å². The topological polar surface area (TPSA) is 91.4 Å². The van der Waals surface area contributed by atoms with E-state index in [4.69, 9.17) is 14.2 Å². The molecular formula is C32H38F3NO7S. The van der Waals surface area contributed by atoms with Gasteiger partial charge in [-0.2, -0.15) is 21.6 Å². The molecule has 240 valence electrons. The molecule has 4 rings (SSSR count). The first-order valence-electron chi connectivity index (χ1n) is 14.4. The molecule has 0 radical (unpaired) electrons. The minimum Gasteiger partial charge on any atom is -0.491 e. The summed E-state index contributed by atoms with van der Waals surface area (Å²) < 4.78 is 83.9. The number of methoxy groups -OCH3 is 1. The number of ether oxygens (including phenoxy) is 3. The van der Waals surface area contributed by atoms with Gasteiger partial charge >= 0.3 is 21.6 Å². The molecule has 0 amide bonds. The Labute approximate surface area is 256 Å². The van der Waals surface area contributed by atoms with Gasteiger partial charge in [-0.05, 0) is 41.5 Å². The van der Waals surface area contributed by atoms with Crippen LogP contribution >= 0.6 is 0 Å². The number of hydrogen-bond acceptors (Lipinski definition) is 8. The zero-order valence-corrected chi connectivity index (χ0v) is 26.3. The molecule has 0 fully saturated rings. The van der Waals surface area contributed by atoms with Gasteiger partial charge in [0.2, 0.25) is 0 Å². The molecular weight excluding hydrogens is 599 g/mol. The quantitative estimate of drug-likeness (QED) is 0.124. The van der Waals surface area contributed by atoms with E-state index in [-0.39, 0.29) is 50.0 Å². The third kappa shape index (κ3) is 7.40. The predicted octanol–water partition coefficient (Wildman–Crippen LogP) is 6.15. The van der Waals surface area contributed by atoms with Crippen molar-refractivity contribution in [3.8, 4) is 0 Å². The summed E-state index contributed by atoms with van der Waals surface area (Å²) in [4.78, 5) is 15.5. The molecule has 44 heavy (non-hydrogen) atoms. The number of rotatable bonds is 11. The van der Waals surface area contributed by atoms with E-state index in [1.807, 2.05) is 47.4 Å². The first kappa shape index (κ1) is 33.4. The third-order valence-electron chi connectivity index (χ3n) is 7.48. The first-order valence-corrected chi connectivity index (χ1v) is 15.8. The number of allylic oxidation sites excluding steroid dienone is 4. The van der Waals surface area contributed by atoms with Crippen molar-refractivity contribution in [1.82, 2.24) is 4.90 Å². The van der Waals surface area contributed by atoms with Gasteiger partial charge in [0.1, 0.15) is 23.8 Å². The number of carbonyl (C=O) groups is 1. The van der Waals surface area contributed by atoms with Crippen molar-refractivity contribution >= 4 is 21.7 Å². The van der Waals surface area contributed by atoms with Gasteiger partial charge in [-0.1, -0.05) is 63.3 Å². The lowest BCUT2D eigenvalue weighted by atomic mass is 9.85. The van der Waals surface area contributed by atoms with Crippen molar-refractivity contribution in [3.05, 3.63) is 88.6 Å². The van der Waals surface area contributed by atoms with E-state index >= 15 is 0 Å². The molecule has 0 aromatic heterocycles. The minimum atomic E-state index is -5.90. The van der Waals surface area contributed by atoms with Crippen LogP contribution in [0, 0.1) is 5.92 Å². The second kappa shape index (κ2) is 13.2. The fraction of sp³-hybridized carbons (Fsp3) is 0.469. The highest BCUT2D eigenvalue weighted by molar-refractivity contribution is 7.87. The molecule has 3 aliphatic rings. The molecule has 2 unspecified atom stereocenters. The third-order valence-corrected chi connectivity index (χ3v) is 8.48. The van der Waals surface area contributed by atoms with E-state index in [1.54, 1.807) is 13.0 Å². The number of alkyl halides is 3. The summed E-state index contributed by atoms with van der Waals surface area (Å²) >= 11 is 0. The van der Waals surface area contributed by atoms with Crippen molar-refractivity contribution in [2.75, 3.05) is 33.5 Å². The van der Waals surface area contributed by atoms with Crippen LogP contribution in [0.3, 0.4) is 0 Å². The van der Waals surface area contributed by atoms with Crippen LogP contribution in [0.2, 0.25) is 0 Å². The Morgan fingerprint density at radius 1 is 1.09 bits per heavy atom. The molecule has 12 heteroatoms. The van der Waals surface area contributed by atoms with Gasteiger partial charge in [0.05, 0.1) is 19.3 Å². The average molecular weight is 638 g/mol. The van der Waals surface area contributed by atoms with E-state index < -0.39 is 33.3 Å². The summed E-state index contributed by atoms with van der Waals surface area (Å²) in [6.45, 7) is 8.64. The lowest BCUT2D eigenvalue weighted by molar-refractivity contribution is -0.140. The van der Waals surface area contributed by atoms with Gasteiger partial charge in [-0.3, -0.25) is 0 Å². The van der Waals surface area contributed by atoms with Crippen LogP contribution in [0.15, 0.2) is 77.4 Å². The minimum absolute atomic E-state index is 0.0722. The molecule has 0 bridgehead atoms. The van der Waals surface area contributed by atoms with E-state index in [2.05, 4.69) is 25.0 Å². The maximum absolute atomic E-state index is 13.6. The van der Waals surface area contributed by atoms with Gasteiger partial charge in [-0.15, -0.1) is 0 Å². The molecule has 2 atom stereocenters. The Balaban J connectivity index is 1.75. The van der Waals surface area contributed by atoms with Gasteiger partial charge in [0.15, 0.2) is 0 Å². The smallest absolute Gasteiger partial charge is 0.491 e. The summed E-state index contributed by atoms with van der Waals surface area (Å²) in [5, 5.41) is 0. The van der Waals surface area contributed by atoms with Crippen LogP contribution in [0.5, 0.6) is 0 Å². The summed E-state index contributed by atoms with van der Waals surface area (Å²) in [5.41, 5.74) is -1.73. The summed E-state index contributed by atoms with van der Waals surface area (Å²) in [7, 11) is -4.43. The number of fused-ring (bicyclic) bond motifs is 1. The normalized spacial score (nSPS) is 20.5. The lowest BCUT2D eigenvalue weighted by Crippen LogP contribution is -2.38. The van der Waals surface area contributed by atoms with Crippen LogP contribution < -0.4 is 0 Å². The zero-order chi connectivity index (χ0) is 32.3. The number of halogens is 3. The molecule has 2 aliphatic carbocycles. The van der Waals surface area contributed by atoms with Gasteiger partial charge in [-0.25, -0.2) is 4.79 Å². The molecule has 1 aliphatic heterocycles. The number of benzene rings is 1. The number of hydrogen-bond donors (Lipinski definition) is 0. The first-order chi connectivity index (χ1) is 20.7. The summed E-state index contributed by atoms with van der Waals surface area (Å²) in [6, 6.07) is 7.77. The molecule has 1 aromatic carbocycles. The summed E-state index contributed by atoms with van der Waals surface area (Å²) in [5.74, 6) is -1.37. The van der Waals surface area contributed by atoms with Crippen molar-refractivity contribution in [1.29, 1.82) is 0 Å². The fourth-order valence-electron chi connectivity index (χ4n) is 5.44. The molecule has 0 saturated carbocycles. The number of carbonyl (C=O) groups excluding carboxylic acids is 1. The van der Waals surface area contributed by atoms with E-state index in [0.717, 1.165) is 28.3 Å². The molecule has 0 spiro atoms. The highest BCUT2D eigenvalue weighted by atomic mass is 32.2. The molecule has 1 aromatic rings. The Morgan fingerprint density at radius 3 is 2.41 bits per heavy atom. The molecule has 0 N–H and O–H groups in total. The molecule has 0 saturated heterocycles. The Bertz CT molecular complexity index is 1500. The highest BCUT2D eigenvalue weighted by Gasteiger charge is 2.49. The average Bonchev–Trinajstić information content (AvgIpc) is 3.26. The standard InChI is InChI=1S/C32H38F3NO7S/c1-6-41-30(37)29-28(22-11-13-23(14-12-22)31(2,3)4)26-9-7-8-10-27(26)36(29)20-21-17-24(42-16-15-40-5)19-25(18-21)43-44(38,39)32(33,34)35/h7-9,11-14,17,19,21,27H,6,10,15-16,18,20H2,1-5H3. The van der Waals surface area contributed by atoms with Crippen LogP contribution in [0.1, 0.15) is 51.7 Å². The monoisotopic (exact) mass is 637 g/mol. The van der Waals surface area contributed by atoms with Crippen molar-refractivity contribution in [2.45, 2.75) is 57.5 Å². The van der Waals surface area contributed by atoms with Gasteiger partial charge in [0, 0.05) is 37.6 Å². The molecule has 8 nitrogen and oxygen atoms in total. The van der Waals surface area contributed by atoms with Crippen molar-refractivity contribution in [2.24, 2.45) is 5.92 Å². The van der Waals surface area contributed by atoms with Crippen molar-refractivity contribution < 1.29 is 44.8 Å². The predicted molar refractivity (Wildman–Crippen MR) is 159 cm³/mol. The zero-order valence-electron chi connectivity index (χ0n) is 25.4. The Kier molecular flexibility index (Phi) is 10.0. The van der Waals surface area contributed by atoms with Crippen molar-refractivity contribution in [3.63, 3.8) is 0 Å². The summed E-state index contributed by atoms with van der Waals surface area (Å²) in [6.07, 6.45) is 9.11. The maximum Gasteiger partial charge on any atom is 0.534 e. The number of nitrogens with zero attached hydrogens (tertiary/aromatic N) is 1. The van der Waals surface area contributed by atoms with Crippen LogP contribution in [-0.2, 0) is 38.7 Å². The molecule has 1 heterocycles. The Morgan fingerprint density at radius 2 is 1.80 bits per heavy atom. The van der Waals surface area contributed by atoms with Crippen LogP contribution in [-0.4, -0.2) is 64.3 Å². The SMILES string of the molecule is CCOC(=O)C1=C(c2ccc(C(C)(C)C)cc2)C2=CC=CCC2N1CC1C=C(OCCOC)C=C(OS(=O)(=O)C(F)(F)F)C1. The largest absolute Gasteiger partial charge is 0.534 e. The highest BCUT2D eigenvalue weighted by Crippen LogP contribution is 2.45. The lowest BCUT2D eigenvalue weighted by Gasteiger charge is -2.33. The van der Waals surface area contributed by atoms with Crippen LogP contribution in [0.25, 0.3) is 5.57 Å². The van der Waals surface area contributed by atoms with Gasteiger partial charge in [0.25, 0.3) is 0 Å². The maximum atomic E-state index is 13.6. The van der Waals surface area contributed by atoms with E-state index in [1.165, 1.54) is 7.11 Å². The second-order valence-electron chi connectivity index (χ2n) is 11.7. The number of esters is 1. The second-order valence-corrected chi connectivity index (χ2v) is 13.2. The fourth-order valence-corrected chi connectivity index (χ4v) is 5.93. The van der Waals surface area contributed by atoms with Gasteiger partial charge < -0.3 is 23.3 Å².